The maximum absolute atomic E-state index is 10.1. The highest BCUT2D eigenvalue weighted by Gasteiger charge is 2.47. The van der Waals surface area contributed by atoms with Crippen molar-refractivity contribution in [3.8, 4) is 0 Å². The van der Waals surface area contributed by atoms with Gasteiger partial charge >= 0.3 is 0 Å². The van der Waals surface area contributed by atoms with E-state index in [0.29, 0.717) is 5.92 Å². The van der Waals surface area contributed by atoms with Gasteiger partial charge in [-0.2, -0.15) is 4.99 Å². The molecule has 1 rings (SSSR count). The maximum atomic E-state index is 10.1. The van der Waals surface area contributed by atoms with Crippen LogP contribution >= 0.6 is 0 Å². The second kappa shape index (κ2) is 3.19. The van der Waals surface area contributed by atoms with Crippen LogP contribution in [-0.2, 0) is 4.79 Å². The van der Waals surface area contributed by atoms with Crippen molar-refractivity contribution in [2.45, 2.75) is 45.1 Å². The molecule has 1 aliphatic carbocycles. The van der Waals surface area contributed by atoms with Gasteiger partial charge in [-0.05, 0) is 25.2 Å². The third kappa shape index (κ3) is 1.69. The summed E-state index contributed by atoms with van der Waals surface area (Å²) in [5.74, 6) is 0.564. The van der Waals surface area contributed by atoms with E-state index in [1.54, 1.807) is 6.08 Å². The molecule has 2 heteroatoms. The van der Waals surface area contributed by atoms with Gasteiger partial charge in [0.1, 0.15) is 0 Å². The van der Waals surface area contributed by atoms with Crippen LogP contribution in [0.5, 0.6) is 0 Å². The summed E-state index contributed by atoms with van der Waals surface area (Å²) < 4.78 is 0. The third-order valence-electron chi connectivity index (χ3n) is 2.67. The minimum absolute atomic E-state index is 0.0117. The van der Waals surface area contributed by atoms with Crippen LogP contribution in [0.2, 0.25) is 0 Å². The summed E-state index contributed by atoms with van der Waals surface area (Å²) in [4.78, 5) is 14.0. The van der Waals surface area contributed by atoms with Crippen LogP contribution in [0.3, 0.4) is 0 Å². The second-order valence-corrected chi connectivity index (χ2v) is 3.50. The molecule has 0 spiro atoms. The molecule has 1 unspecified atom stereocenters. The van der Waals surface area contributed by atoms with E-state index in [9.17, 15) is 4.79 Å². The number of carbonyl (C=O) groups excluding carboxylic acids is 1. The van der Waals surface area contributed by atoms with Crippen molar-refractivity contribution in [2.24, 2.45) is 10.9 Å². The number of hydrogen-bond donors (Lipinski definition) is 0. The van der Waals surface area contributed by atoms with Crippen molar-refractivity contribution >= 4 is 6.08 Å². The monoisotopic (exact) mass is 153 g/mol. The number of rotatable bonds is 4. The Morgan fingerprint density at radius 3 is 2.64 bits per heavy atom. The first-order chi connectivity index (χ1) is 5.25. The molecule has 1 atom stereocenters. The van der Waals surface area contributed by atoms with E-state index in [1.165, 1.54) is 12.8 Å². The Balaban J connectivity index is 2.50. The molecule has 0 amide bonds. The van der Waals surface area contributed by atoms with Crippen LogP contribution in [0.15, 0.2) is 4.99 Å². The van der Waals surface area contributed by atoms with Gasteiger partial charge in [-0.1, -0.05) is 20.3 Å². The fraction of sp³-hybridized carbons (Fsp3) is 0.889. The molecule has 1 fully saturated rings. The van der Waals surface area contributed by atoms with Crippen molar-refractivity contribution in [2.75, 3.05) is 0 Å². The van der Waals surface area contributed by atoms with Crippen molar-refractivity contribution in [1.29, 1.82) is 0 Å². The summed E-state index contributed by atoms with van der Waals surface area (Å²) in [6.07, 6.45) is 6.21. The lowest BCUT2D eigenvalue weighted by Crippen LogP contribution is -2.16. The van der Waals surface area contributed by atoms with Gasteiger partial charge in [0, 0.05) is 0 Å². The number of nitrogens with zero attached hydrogens (tertiary/aromatic N) is 1. The fourth-order valence-electron chi connectivity index (χ4n) is 1.64. The molecule has 0 aliphatic heterocycles. The molecule has 0 saturated heterocycles. The molecule has 11 heavy (non-hydrogen) atoms. The Hall–Kier alpha value is -0.620. The quantitative estimate of drug-likeness (QED) is 0.450. The van der Waals surface area contributed by atoms with Gasteiger partial charge in [0.05, 0.1) is 5.54 Å². The molecule has 0 aromatic carbocycles. The average molecular weight is 153 g/mol. The van der Waals surface area contributed by atoms with Crippen LogP contribution < -0.4 is 0 Å². The Labute approximate surface area is 67.7 Å². The zero-order chi connectivity index (χ0) is 8.32. The van der Waals surface area contributed by atoms with Gasteiger partial charge in [-0.3, -0.25) is 0 Å². The van der Waals surface area contributed by atoms with Gasteiger partial charge in [-0.25, -0.2) is 4.79 Å². The minimum atomic E-state index is 0.0117. The van der Waals surface area contributed by atoms with E-state index < -0.39 is 0 Å². The molecule has 1 saturated carbocycles. The predicted molar refractivity (Wildman–Crippen MR) is 44.2 cm³/mol. The molecule has 2 nitrogen and oxygen atoms in total. The van der Waals surface area contributed by atoms with Gasteiger partial charge in [0.25, 0.3) is 0 Å². The SMILES string of the molecule is CCCC(C)C1(N=C=O)CC1. The molecule has 0 heterocycles. The van der Waals surface area contributed by atoms with E-state index >= 15 is 0 Å². The topological polar surface area (TPSA) is 29.4 Å². The van der Waals surface area contributed by atoms with Crippen LogP contribution in [0.1, 0.15) is 39.5 Å². The third-order valence-corrected chi connectivity index (χ3v) is 2.67. The predicted octanol–water partition coefficient (Wildman–Crippen LogP) is 2.29. The van der Waals surface area contributed by atoms with E-state index in [1.807, 2.05) is 0 Å². The smallest absolute Gasteiger partial charge is 0.211 e. The highest BCUT2D eigenvalue weighted by molar-refractivity contribution is 5.36. The van der Waals surface area contributed by atoms with Crippen molar-refractivity contribution in [3.63, 3.8) is 0 Å². The van der Waals surface area contributed by atoms with Crippen LogP contribution in [0, 0.1) is 5.92 Å². The molecule has 0 aromatic rings. The largest absolute Gasteiger partial charge is 0.235 e. The number of isocyanates is 1. The van der Waals surface area contributed by atoms with Crippen LogP contribution in [0.25, 0.3) is 0 Å². The fourth-order valence-corrected chi connectivity index (χ4v) is 1.64. The van der Waals surface area contributed by atoms with Gasteiger partial charge in [0.15, 0.2) is 0 Å². The molecular formula is C9H15NO. The molecule has 62 valence electrons. The van der Waals surface area contributed by atoms with Gasteiger partial charge in [-0.15, -0.1) is 0 Å². The van der Waals surface area contributed by atoms with Crippen molar-refractivity contribution in [3.05, 3.63) is 0 Å². The lowest BCUT2D eigenvalue weighted by molar-refractivity contribution is 0.406. The lowest BCUT2D eigenvalue weighted by atomic mass is 9.95. The summed E-state index contributed by atoms with van der Waals surface area (Å²) >= 11 is 0. The summed E-state index contributed by atoms with van der Waals surface area (Å²) in [5.41, 5.74) is 0.0117. The highest BCUT2D eigenvalue weighted by Crippen LogP contribution is 2.47. The second-order valence-electron chi connectivity index (χ2n) is 3.50. The maximum Gasteiger partial charge on any atom is 0.235 e. The summed E-state index contributed by atoms with van der Waals surface area (Å²) in [6, 6.07) is 0. The zero-order valence-electron chi connectivity index (χ0n) is 7.26. The minimum Gasteiger partial charge on any atom is -0.211 e. The normalized spacial score (nSPS) is 22.0. The number of hydrogen-bond acceptors (Lipinski definition) is 2. The molecule has 0 radical (unpaired) electrons. The highest BCUT2D eigenvalue weighted by atomic mass is 16.1. The molecule has 0 N–H and O–H groups in total. The van der Waals surface area contributed by atoms with Crippen LogP contribution in [-0.4, -0.2) is 11.6 Å². The average Bonchev–Trinajstić information content (AvgIpc) is 2.71. The number of aliphatic imine (C=N–C) groups is 1. The summed E-state index contributed by atoms with van der Waals surface area (Å²) in [5, 5.41) is 0. The Morgan fingerprint density at radius 2 is 2.27 bits per heavy atom. The van der Waals surface area contributed by atoms with Gasteiger partial charge < -0.3 is 0 Å². The van der Waals surface area contributed by atoms with E-state index in [-0.39, 0.29) is 5.54 Å². The standard InChI is InChI=1S/C9H15NO/c1-3-4-8(2)9(5-6-9)10-7-11/h8H,3-6H2,1-2H3. The molecule has 1 aliphatic rings. The van der Waals surface area contributed by atoms with Crippen molar-refractivity contribution < 1.29 is 4.79 Å². The van der Waals surface area contributed by atoms with E-state index in [4.69, 9.17) is 0 Å². The van der Waals surface area contributed by atoms with Crippen molar-refractivity contribution in [1.82, 2.24) is 0 Å². The zero-order valence-corrected chi connectivity index (χ0v) is 7.26. The molecule has 0 bridgehead atoms. The Kier molecular flexibility index (Phi) is 2.45. The summed E-state index contributed by atoms with van der Waals surface area (Å²) in [7, 11) is 0. The van der Waals surface area contributed by atoms with Gasteiger partial charge in [0.2, 0.25) is 6.08 Å². The van der Waals surface area contributed by atoms with Crippen LogP contribution in [0.4, 0.5) is 0 Å². The Bertz CT molecular complexity index is 178. The molecular weight excluding hydrogens is 138 g/mol. The Morgan fingerprint density at radius 1 is 1.64 bits per heavy atom. The van der Waals surface area contributed by atoms with E-state index in [0.717, 1.165) is 12.8 Å². The first-order valence-electron chi connectivity index (χ1n) is 4.34. The summed E-state index contributed by atoms with van der Waals surface area (Å²) in [6.45, 7) is 4.34. The molecule has 0 aromatic heterocycles. The first-order valence-corrected chi connectivity index (χ1v) is 4.34. The van der Waals surface area contributed by atoms with E-state index in [2.05, 4.69) is 18.8 Å². The first kappa shape index (κ1) is 8.48. The lowest BCUT2D eigenvalue weighted by Gasteiger charge is -2.15.